The third-order valence-corrected chi connectivity index (χ3v) is 8.36. The van der Waals surface area contributed by atoms with Crippen LogP contribution in [0.2, 0.25) is 25.7 Å². The van der Waals surface area contributed by atoms with Crippen molar-refractivity contribution in [2.75, 3.05) is 11.9 Å². The van der Waals surface area contributed by atoms with E-state index in [-0.39, 0.29) is 5.91 Å². The lowest BCUT2D eigenvalue weighted by atomic mass is 10.1. The van der Waals surface area contributed by atoms with E-state index in [9.17, 15) is 4.79 Å². The Morgan fingerprint density at radius 3 is 2.60 bits per heavy atom. The first-order chi connectivity index (χ1) is 20.6. The minimum atomic E-state index is -1.22. The van der Waals surface area contributed by atoms with Gasteiger partial charge in [-0.3, -0.25) is 9.48 Å². The van der Waals surface area contributed by atoms with Crippen LogP contribution in [0.3, 0.4) is 0 Å². The van der Waals surface area contributed by atoms with E-state index in [2.05, 4.69) is 41.5 Å². The minimum absolute atomic E-state index is 0.304. The number of aryl methyl sites for hydroxylation is 2. The molecule has 43 heavy (non-hydrogen) atoms. The van der Waals surface area contributed by atoms with E-state index in [1.165, 1.54) is 6.08 Å². The molecule has 0 aliphatic heterocycles. The maximum absolute atomic E-state index is 11.7. The Balaban J connectivity index is 1.47. The largest absolute Gasteiger partial charge is 0.437 e. The van der Waals surface area contributed by atoms with E-state index in [0.717, 1.165) is 28.4 Å². The predicted molar refractivity (Wildman–Crippen MR) is 169 cm³/mol. The topological polar surface area (TPSA) is 122 Å². The number of anilines is 1. The van der Waals surface area contributed by atoms with Gasteiger partial charge in [-0.15, -0.1) is 0 Å². The first-order valence-electron chi connectivity index (χ1n) is 14.0. The van der Waals surface area contributed by atoms with Crippen molar-refractivity contribution in [3.63, 3.8) is 0 Å². The first-order valence-corrected chi connectivity index (χ1v) is 17.8. The average Bonchev–Trinajstić information content (AvgIpc) is 3.50. The molecule has 4 aromatic heterocycles. The van der Waals surface area contributed by atoms with Crippen molar-refractivity contribution >= 4 is 30.8 Å². The molecule has 0 fully saturated rings. The molecule has 11 nitrogen and oxygen atoms in total. The molecule has 0 spiro atoms. The predicted octanol–water partition coefficient (Wildman–Crippen LogP) is 5.98. The molecule has 222 valence electrons. The van der Waals surface area contributed by atoms with E-state index < -0.39 is 8.07 Å². The van der Waals surface area contributed by atoms with Crippen LogP contribution in [0.4, 0.5) is 5.69 Å². The molecule has 0 saturated carbocycles. The molecular weight excluding hydrogens is 560 g/mol. The number of ether oxygens (including phenoxy) is 2. The molecular formula is C31H36N8O3Si. The summed E-state index contributed by atoms with van der Waals surface area (Å²) in [6, 6.07) is 8.13. The van der Waals surface area contributed by atoms with Crippen LogP contribution in [-0.2, 0) is 22.8 Å². The second-order valence-corrected chi connectivity index (χ2v) is 17.2. The number of carbonyl (C=O) groups excluding carboxylic acids is 1. The van der Waals surface area contributed by atoms with Gasteiger partial charge in [0.25, 0.3) is 0 Å². The van der Waals surface area contributed by atoms with Crippen molar-refractivity contribution in [2.45, 2.75) is 52.8 Å². The van der Waals surface area contributed by atoms with Crippen LogP contribution in [0.25, 0.3) is 22.3 Å². The maximum Gasteiger partial charge on any atom is 0.247 e. The fourth-order valence-electron chi connectivity index (χ4n) is 4.38. The van der Waals surface area contributed by atoms with Gasteiger partial charge in [-0.25, -0.2) is 19.9 Å². The minimum Gasteiger partial charge on any atom is -0.437 e. The van der Waals surface area contributed by atoms with Crippen LogP contribution >= 0.6 is 0 Å². The summed E-state index contributed by atoms with van der Waals surface area (Å²) >= 11 is 0. The summed E-state index contributed by atoms with van der Waals surface area (Å²) in [6.07, 6.45) is 10.4. The Bertz CT molecular complexity index is 1760. The molecule has 12 heteroatoms. The Hall–Kier alpha value is -4.68. The lowest BCUT2D eigenvalue weighted by Gasteiger charge is -2.15. The molecule has 4 heterocycles. The fraction of sp³-hybridized carbons (Fsp3) is 0.290. The van der Waals surface area contributed by atoms with Crippen molar-refractivity contribution in [1.82, 2.24) is 34.3 Å². The normalized spacial score (nSPS) is 11.6. The molecule has 0 unspecified atom stereocenters. The van der Waals surface area contributed by atoms with E-state index in [0.29, 0.717) is 54.2 Å². The SMILES string of the molecule is C=CC(=O)Nc1cccc(Oc2cnc3c(n2)c(-c2cn(Cc4ncc(C)cn4)nc2C)cn3COCC[Si](C)(C)C)c1. The van der Waals surface area contributed by atoms with Gasteiger partial charge in [-0.1, -0.05) is 32.3 Å². The van der Waals surface area contributed by atoms with E-state index in [1.54, 1.807) is 42.9 Å². The first kappa shape index (κ1) is 29.8. The second kappa shape index (κ2) is 12.7. The molecule has 5 rings (SSSR count). The third kappa shape index (κ3) is 7.59. The Morgan fingerprint density at radius 1 is 1.07 bits per heavy atom. The zero-order chi connectivity index (χ0) is 30.6. The van der Waals surface area contributed by atoms with Crippen LogP contribution < -0.4 is 10.1 Å². The molecule has 0 bridgehead atoms. The number of benzene rings is 1. The van der Waals surface area contributed by atoms with Crippen molar-refractivity contribution in [1.29, 1.82) is 0 Å². The van der Waals surface area contributed by atoms with Gasteiger partial charge in [0, 0.05) is 62.3 Å². The Morgan fingerprint density at radius 2 is 1.86 bits per heavy atom. The number of carbonyl (C=O) groups is 1. The lowest BCUT2D eigenvalue weighted by Crippen LogP contribution is -2.22. The number of hydrogen-bond donors (Lipinski definition) is 1. The van der Waals surface area contributed by atoms with Crippen molar-refractivity contribution < 1.29 is 14.3 Å². The summed E-state index contributed by atoms with van der Waals surface area (Å²) in [7, 11) is -1.22. The van der Waals surface area contributed by atoms with Crippen molar-refractivity contribution in [3.8, 4) is 22.8 Å². The highest BCUT2D eigenvalue weighted by Crippen LogP contribution is 2.33. The summed E-state index contributed by atoms with van der Waals surface area (Å²) in [5, 5.41) is 7.47. The zero-order valence-corrected chi connectivity index (χ0v) is 26.2. The molecule has 1 N–H and O–H groups in total. The number of fused-ring (bicyclic) bond motifs is 1. The van der Waals surface area contributed by atoms with Gasteiger partial charge in [-0.2, -0.15) is 5.10 Å². The average molecular weight is 597 g/mol. The smallest absolute Gasteiger partial charge is 0.247 e. The summed E-state index contributed by atoms with van der Waals surface area (Å²) in [6.45, 7) is 15.9. The van der Waals surface area contributed by atoms with Gasteiger partial charge in [0.2, 0.25) is 11.8 Å². The molecule has 0 aliphatic rings. The fourth-order valence-corrected chi connectivity index (χ4v) is 5.14. The van der Waals surface area contributed by atoms with Gasteiger partial charge in [0.05, 0.1) is 11.9 Å². The third-order valence-electron chi connectivity index (χ3n) is 6.65. The lowest BCUT2D eigenvalue weighted by molar-refractivity contribution is -0.111. The van der Waals surface area contributed by atoms with E-state index in [1.807, 2.05) is 35.5 Å². The zero-order valence-electron chi connectivity index (χ0n) is 25.2. The summed E-state index contributed by atoms with van der Waals surface area (Å²) in [4.78, 5) is 30.2. The summed E-state index contributed by atoms with van der Waals surface area (Å²) < 4.78 is 16.0. The monoisotopic (exact) mass is 596 g/mol. The van der Waals surface area contributed by atoms with Crippen LogP contribution in [0.15, 0.2) is 67.9 Å². The second-order valence-electron chi connectivity index (χ2n) is 11.6. The van der Waals surface area contributed by atoms with Gasteiger partial charge >= 0.3 is 0 Å². The molecule has 0 atom stereocenters. The van der Waals surface area contributed by atoms with Gasteiger partial charge in [0.1, 0.15) is 30.4 Å². The van der Waals surface area contributed by atoms with Gasteiger partial charge in [-0.05, 0) is 43.7 Å². The standard InChI is InChI=1S/C31H36N8O3Si/c1-7-28(40)35-23-9-8-10-24(13-23)42-29-16-34-31-30(36-29)26(17-38(31)20-41-11-12-43(4,5)6)25-18-39(37-22(25)3)19-27-32-14-21(2)15-33-27/h7-10,13-18H,1,11-12,19-20H2,2-6H3,(H,35,40). The van der Waals surface area contributed by atoms with Gasteiger partial charge < -0.3 is 19.4 Å². The highest BCUT2D eigenvalue weighted by atomic mass is 28.3. The Labute approximate surface area is 251 Å². The Kier molecular flexibility index (Phi) is 8.78. The maximum atomic E-state index is 11.7. The highest BCUT2D eigenvalue weighted by Gasteiger charge is 2.19. The van der Waals surface area contributed by atoms with Crippen molar-refractivity contribution in [2.24, 2.45) is 0 Å². The van der Waals surface area contributed by atoms with Crippen LogP contribution in [0.1, 0.15) is 17.1 Å². The molecule has 0 radical (unpaired) electrons. The summed E-state index contributed by atoms with van der Waals surface area (Å²) in [5.41, 5.74) is 5.55. The molecule has 0 saturated heterocycles. The molecule has 5 aromatic rings. The van der Waals surface area contributed by atoms with Crippen LogP contribution in [0, 0.1) is 13.8 Å². The van der Waals surface area contributed by atoms with E-state index in [4.69, 9.17) is 24.5 Å². The molecule has 1 amide bonds. The number of aromatic nitrogens is 7. The number of nitrogens with zero attached hydrogens (tertiary/aromatic N) is 7. The van der Waals surface area contributed by atoms with Gasteiger partial charge in [0.15, 0.2) is 5.65 Å². The molecule has 1 aromatic carbocycles. The van der Waals surface area contributed by atoms with Crippen molar-refractivity contribution in [3.05, 3.63) is 85.0 Å². The highest BCUT2D eigenvalue weighted by molar-refractivity contribution is 6.76. The van der Waals surface area contributed by atoms with Crippen LogP contribution in [0.5, 0.6) is 11.6 Å². The van der Waals surface area contributed by atoms with Crippen LogP contribution in [-0.4, -0.2) is 54.9 Å². The van der Waals surface area contributed by atoms with E-state index >= 15 is 0 Å². The summed E-state index contributed by atoms with van der Waals surface area (Å²) in [5.74, 6) is 1.20. The molecule has 0 aliphatic carbocycles. The number of amides is 1. The quantitative estimate of drug-likeness (QED) is 0.106. The number of rotatable bonds is 12. The number of nitrogens with one attached hydrogen (secondary N) is 1. The number of hydrogen-bond acceptors (Lipinski definition) is 8.